The Hall–Kier alpha value is -0.860. The second-order valence-corrected chi connectivity index (χ2v) is 7.99. The SMILES string of the molecule is CC(C)C(c1ccccc1)N(O)C(C)(C)CC(C)(C)C. The molecule has 1 N–H and O–H groups in total. The van der Waals surface area contributed by atoms with Crippen molar-refractivity contribution in [2.75, 3.05) is 0 Å². The van der Waals surface area contributed by atoms with Crippen molar-refractivity contribution in [3.8, 4) is 0 Å². The molecule has 1 rings (SSSR count). The second kappa shape index (κ2) is 6.28. The van der Waals surface area contributed by atoms with Gasteiger partial charge in [0.25, 0.3) is 0 Å². The zero-order chi connectivity index (χ0) is 15.6. The van der Waals surface area contributed by atoms with Gasteiger partial charge in [-0.1, -0.05) is 65.0 Å². The second-order valence-electron chi connectivity index (χ2n) is 7.99. The molecular weight excluding hydrogens is 246 g/mol. The molecule has 0 spiro atoms. The predicted molar refractivity (Wildman–Crippen MR) is 85.8 cm³/mol. The van der Waals surface area contributed by atoms with Gasteiger partial charge in [-0.2, -0.15) is 5.06 Å². The lowest BCUT2D eigenvalue weighted by Gasteiger charge is -2.44. The number of hydrogen-bond donors (Lipinski definition) is 1. The van der Waals surface area contributed by atoms with Crippen molar-refractivity contribution in [3.05, 3.63) is 35.9 Å². The highest BCUT2D eigenvalue weighted by Crippen LogP contribution is 2.37. The van der Waals surface area contributed by atoms with Crippen LogP contribution in [-0.2, 0) is 0 Å². The van der Waals surface area contributed by atoms with E-state index in [1.165, 1.54) is 5.56 Å². The summed E-state index contributed by atoms with van der Waals surface area (Å²) in [7, 11) is 0. The molecule has 1 atom stereocenters. The number of nitrogens with zero attached hydrogens (tertiary/aromatic N) is 1. The minimum absolute atomic E-state index is 0.0218. The van der Waals surface area contributed by atoms with E-state index < -0.39 is 0 Å². The smallest absolute Gasteiger partial charge is 0.0628 e. The van der Waals surface area contributed by atoms with Crippen molar-refractivity contribution in [2.24, 2.45) is 11.3 Å². The Balaban J connectivity index is 3.04. The van der Waals surface area contributed by atoms with Crippen LogP contribution < -0.4 is 0 Å². The van der Waals surface area contributed by atoms with Crippen LogP contribution in [0.15, 0.2) is 30.3 Å². The van der Waals surface area contributed by atoms with Crippen molar-refractivity contribution < 1.29 is 5.21 Å². The quantitative estimate of drug-likeness (QED) is 0.739. The predicted octanol–water partition coefficient (Wildman–Crippen LogP) is 5.29. The Labute approximate surface area is 124 Å². The number of rotatable bonds is 5. The molecule has 114 valence electrons. The third kappa shape index (κ3) is 4.60. The molecule has 1 aromatic carbocycles. The fraction of sp³-hybridized carbons (Fsp3) is 0.667. The molecule has 1 aromatic rings. The summed E-state index contributed by atoms with van der Waals surface area (Å²) in [4.78, 5) is 0. The Bertz CT molecular complexity index is 403. The average molecular weight is 277 g/mol. The van der Waals surface area contributed by atoms with Gasteiger partial charge in [-0.05, 0) is 37.2 Å². The van der Waals surface area contributed by atoms with Gasteiger partial charge in [0.2, 0.25) is 0 Å². The van der Waals surface area contributed by atoms with Gasteiger partial charge in [0.15, 0.2) is 0 Å². The molecule has 0 heterocycles. The first kappa shape index (κ1) is 17.2. The molecule has 0 fully saturated rings. The maximum Gasteiger partial charge on any atom is 0.0628 e. The first-order chi connectivity index (χ1) is 9.04. The third-order valence-corrected chi connectivity index (χ3v) is 3.62. The van der Waals surface area contributed by atoms with Crippen molar-refractivity contribution in [3.63, 3.8) is 0 Å². The minimum atomic E-state index is -0.261. The number of benzene rings is 1. The monoisotopic (exact) mass is 277 g/mol. The molecule has 0 saturated heterocycles. The van der Waals surface area contributed by atoms with E-state index in [1.54, 1.807) is 5.06 Å². The summed E-state index contributed by atoms with van der Waals surface area (Å²) in [5.74, 6) is 0.349. The first-order valence-corrected chi connectivity index (χ1v) is 7.58. The third-order valence-electron chi connectivity index (χ3n) is 3.62. The molecule has 1 unspecified atom stereocenters. The molecule has 0 aromatic heterocycles. The maximum atomic E-state index is 10.9. The molecule has 0 bridgehead atoms. The first-order valence-electron chi connectivity index (χ1n) is 7.58. The Morgan fingerprint density at radius 1 is 1.00 bits per heavy atom. The molecule has 0 radical (unpaired) electrons. The molecule has 0 aliphatic carbocycles. The lowest BCUT2D eigenvalue weighted by atomic mass is 9.80. The van der Waals surface area contributed by atoms with Crippen LogP contribution in [-0.4, -0.2) is 15.8 Å². The van der Waals surface area contributed by atoms with E-state index in [-0.39, 0.29) is 17.0 Å². The van der Waals surface area contributed by atoms with Gasteiger partial charge < -0.3 is 5.21 Å². The molecule has 0 amide bonds. The summed E-state index contributed by atoms with van der Waals surface area (Å²) in [6.07, 6.45) is 0.937. The van der Waals surface area contributed by atoms with E-state index in [1.807, 2.05) is 18.2 Å². The largest absolute Gasteiger partial charge is 0.313 e. The van der Waals surface area contributed by atoms with Gasteiger partial charge in [-0.15, -0.1) is 0 Å². The van der Waals surface area contributed by atoms with Crippen LogP contribution in [0.2, 0.25) is 0 Å². The molecule has 2 nitrogen and oxygen atoms in total. The number of hydrogen-bond acceptors (Lipinski definition) is 2. The zero-order valence-corrected chi connectivity index (χ0v) is 14.1. The highest BCUT2D eigenvalue weighted by molar-refractivity contribution is 5.19. The van der Waals surface area contributed by atoms with Gasteiger partial charge in [-0.3, -0.25) is 0 Å². The number of hydroxylamine groups is 2. The Morgan fingerprint density at radius 3 is 1.90 bits per heavy atom. The van der Waals surface area contributed by atoms with Crippen molar-refractivity contribution in [2.45, 2.75) is 66.5 Å². The van der Waals surface area contributed by atoms with E-state index in [0.717, 1.165) is 6.42 Å². The highest BCUT2D eigenvalue weighted by atomic mass is 16.5. The van der Waals surface area contributed by atoms with Crippen LogP contribution in [0.1, 0.15) is 66.5 Å². The van der Waals surface area contributed by atoms with Gasteiger partial charge in [-0.25, -0.2) is 0 Å². The lowest BCUT2D eigenvalue weighted by Crippen LogP contribution is -2.47. The van der Waals surface area contributed by atoms with Crippen molar-refractivity contribution in [1.82, 2.24) is 5.06 Å². The highest BCUT2D eigenvalue weighted by Gasteiger charge is 2.36. The summed E-state index contributed by atoms with van der Waals surface area (Å²) < 4.78 is 0. The maximum absolute atomic E-state index is 10.9. The van der Waals surface area contributed by atoms with Crippen LogP contribution in [0, 0.1) is 11.3 Å². The van der Waals surface area contributed by atoms with Gasteiger partial charge in [0.05, 0.1) is 6.04 Å². The fourth-order valence-electron chi connectivity index (χ4n) is 3.21. The molecule has 0 saturated carbocycles. The van der Waals surface area contributed by atoms with Crippen molar-refractivity contribution in [1.29, 1.82) is 0 Å². The van der Waals surface area contributed by atoms with Crippen molar-refractivity contribution >= 4 is 0 Å². The Morgan fingerprint density at radius 2 is 1.50 bits per heavy atom. The molecule has 20 heavy (non-hydrogen) atoms. The lowest BCUT2D eigenvalue weighted by molar-refractivity contribution is -0.212. The van der Waals surface area contributed by atoms with Crippen LogP contribution in [0.3, 0.4) is 0 Å². The summed E-state index contributed by atoms with van der Waals surface area (Å²) in [6, 6.07) is 10.3. The van der Waals surface area contributed by atoms with Crippen LogP contribution >= 0.6 is 0 Å². The standard InChI is InChI=1S/C18H31NO/c1-14(2)16(15-11-9-8-10-12-15)19(20)18(6,7)13-17(3,4)5/h8-12,14,16,20H,13H2,1-7H3. The van der Waals surface area contributed by atoms with Crippen LogP contribution in [0.4, 0.5) is 0 Å². The minimum Gasteiger partial charge on any atom is -0.313 e. The van der Waals surface area contributed by atoms with Crippen LogP contribution in [0.5, 0.6) is 0 Å². The molecular formula is C18H31NO. The molecule has 0 aliphatic rings. The topological polar surface area (TPSA) is 23.5 Å². The summed E-state index contributed by atoms with van der Waals surface area (Å²) >= 11 is 0. The van der Waals surface area contributed by atoms with Gasteiger partial charge in [0.1, 0.15) is 0 Å². The van der Waals surface area contributed by atoms with E-state index in [2.05, 4.69) is 60.6 Å². The summed E-state index contributed by atoms with van der Waals surface area (Å²) in [6.45, 7) is 15.2. The fourth-order valence-corrected chi connectivity index (χ4v) is 3.21. The summed E-state index contributed by atoms with van der Waals surface area (Å²) in [5, 5.41) is 12.4. The van der Waals surface area contributed by atoms with E-state index in [0.29, 0.717) is 5.92 Å². The molecule has 2 heteroatoms. The van der Waals surface area contributed by atoms with E-state index in [9.17, 15) is 5.21 Å². The Kier molecular flexibility index (Phi) is 5.39. The zero-order valence-electron chi connectivity index (χ0n) is 14.1. The molecule has 0 aliphatic heterocycles. The van der Waals surface area contributed by atoms with E-state index in [4.69, 9.17) is 0 Å². The average Bonchev–Trinajstić information content (AvgIpc) is 2.26. The van der Waals surface area contributed by atoms with E-state index >= 15 is 0 Å². The van der Waals surface area contributed by atoms with Crippen LogP contribution in [0.25, 0.3) is 0 Å². The summed E-state index contributed by atoms with van der Waals surface area (Å²) in [5.41, 5.74) is 1.10. The normalized spacial score (nSPS) is 14.9. The van der Waals surface area contributed by atoms with Gasteiger partial charge >= 0.3 is 0 Å². The van der Waals surface area contributed by atoms with Gasteiger partial charge in [0, 0.05) is 5.54 Å².